The molecule has 27 heavy (non-hydrogen) atoms. The number of sulfonamides is 1. The Morgan fingerprint density at radius 2 is 1.96 bits per heavy atom. The first-order chi connectivity index (χ1) is 13.0. The van der Waals surface area contributed by atoms with Crippen LogP contribution in [0.4, 0.5) is 0 Å². The van der Waals surface area contributed by atoms with Crippen LogP contribution in [-0.4, -0.2) is 27.4 Å². The van der Waals surface area contributed by atoms with Crippen LogP contribution in [0.25, 0.3) is 0 Å². The molecule has 1 aliphatic carbocycles. The molecule has 1 aliphatic rings. The van der Waals surface area contributed by atoms with Crippen LogP contribution in [0.5, 0.6) is 0 Å². The maximum Gasteiger partial charge on any atom is 0.240 e. The number of rotatable bonds is 7. The molecule has 1 amide bonds. The van der Waals surface area contributed by atoms with Crippen molar-refractivity contribution in [3.05, 3.63) is 64.7 Å². The molecule has 0 fully saturated rings. The number of fused-ring (bicyclic) bond motifs is 1. The maximum atomic E-state index is 12.2. The van der Waals surface area contributed by atoms with Gasteiger partial charge in [-0.25, -0.2) is 13.1 Å². The first-order valence-electron chi connectivity index (χ1n) is 9.05. The van der Waals surface area contributed by atoms with E-state index >= 15 is 0 Å². The van der Waals surface area contributed by atoms with E-state index in [4.69, 9.17) is 11.6 Å². The molecule has 2 aromatic rings. The van der Waals surface area contributed by atoms with Crippen LogP contribution in [-0.2, 0) is 21.2 Å². The Morgan fingerprint density at radius 3 is 2.78 bits per heavy atom. The number of hydrogen-bond donors (Lipinski definition) is 2. The predicted octanol–water partition coefficient (Wildman–Crippen LogP) is 3.24. The van der Waals surface area contributed by atoms with Gasteiger partial charge in [-0.2, -0.15) is 0 Å². The zero-order valence-electron chi connectivity index (χ0n) is 14.9. The van der Waals surface area contributed by atoms with Crippen LogP contribution in [0, 0.1) is 0 Å². The standard InChI is InChI=1S/C20H23ClN2O3S/c21-17-8-4-9-18(13-17)27(25,26)23-12-11-20(24)22-14-16-7-3-6-15-5-1-2-10-19(15)16/h1-2,4-5,8-10,13,16,23H,3,6-7,11-12,14H2,(H,22,24). The van der Waals surface area contributed by atoms with E-state index in [-0.39, 0.29) is 23.8 Å². The third kappa shape index (κ3) is 5.31. The summed E-state index contributed by atoms with van der Waals surface area (Å²) >= 11 is 5.83. The van der Waals surface area contributed by atoms with Crippen molar-refractivity contribution in [2.24, 2.45) is 0 Å². The van der Waals surface area contributed by atoms with Gasteiger partial charge < -0.3 is 5.32 Å². The van der Waals surface area contributed by atoms with Crippen molar-refractivity contribution < 1.29 is 13.2 Å². The summed E-state index contributed by atoms with van der Waals surface area (Å²) in [5, 5.41) is 3.28. The molecule has 2 aromatic carbocycles. The van der Waals surface area contributed by atoms with E-state index in [2.05, 4.69) is 22.2 Å². The summed E-state index contributed by atoms with van der Waals surface area (Å²) in [7, 11) is -3.67. The van der Waals surface area contributed by atoms with E-state index in [1.807, 2.05) is 12.1 Å². The molecule has 1 atom stereocenters. The average molecular weight is 407 g/mol. The van der Waals surface area contributed by atoms with Crippen LogP contribution < -0.4 is 10.0 Å². The van der Waals surface area contributed by atoms with Crippen LogP contribution in [0.2, 0.25) is 5.02 Å². The monoisotopic (exact) mass is 406 g/mol. The summed E-state index contributed by atoms with van der Waals surface area (Å²) in [6.07, 6.45) is 3.36. The van der Waals surface area contributed by atoms with Gasteiger partial charge in [0.1, 0.15) is 0 Å². The van der Waals surface area contributed by atoms with E-state index < -0.39 is 10.0 Å². The fourth-order valence-corrected chi connectivity index (χ4v) is 4.74. The highest BCUT2D eigenvalue weighted by Crippen LogP contribution is 2.30. The molecule has 7 heteroatoms. The Hall–Kier alpha value is -1.89. The molecule has 0 saturated heterocycles. The zero-order valence-corrected chi connectivity index (χ0v) is 16.5. The van der Waals surface area contributed by atoms with Crippen LogP contribution in [0.3, 0.4) is 0 Å². The molecule has 0 bridgehead atoms. The van der Waals surface area contributed by atoms with Crippen molar-refractivity contribution >= 4 is 27.5 Å². The van der Waals surface area contributed by atoms with E-state index in [9.17, 15) is 13.2 Å². The van der Waals surface area contributed by atoms with Gasteiger partial charge in [0.15, 0.2) is 0 Å². The van der Waals surface area contributed by atoms with E-state index in [0.717, 1.165) is 19.3 Å². The van der Waals surface area contributed by atoms with Gasteiger partial charge in [0.2, 0.25) is 15.9 Å². The fraction of sp³-hybridized carbons (Fsp3) is 0.350. The first kappa shape index (κ1) is 19.9. The van der Waals surface area contributed by atoms with Gasteiger partial charge in [-0.1, -0.05) is 41.9 Å². The lowest BCUT2D eigenvalue weighted by atomic mass is 9.83. The number of carbonyl (C=O) groups is 1. The molecule has 3 rings (SSSR count). The second-order valence-electron chi connectivity index (χ2n) is 6.70. The topological polar surface area (TPSA) is 75.3 Å². The van der Waals surface area contributed by atoms with E-state index in [0.29, 0.717) is 17.5 Å². The van der Waals surface area contributed by atoms with Gasteiger partial charge in [0, 0.05) is 30.5 Å². The SMILES string of the molecule is O=C(CCNS(=O)(=O)c1cccc(Cl)c1)NCC1CCCc2ccccc21. The maximum absolute atomic E-state index is 12.2. The van der Waals surface area contributed by atoms with Gasteiger partial charge in [-0.3, -0.25) is 4.79 Å². The lowest BCUT2D eigenvalue weighted by molar-refractivity contribution is -0.121. The fourth-order valence-electron chi connectivity index (χ4n) is 3.41. The normalized spacial score (nSPS) is 16.6. The van der Waals surface area contributed by atoms with Gasteiger partial charge in [0.25, 0.3) is 0 Å². The number of carbonyl (C=O) groups excluding carboxylic acids is 1. The number of hydrogen-bond acceptors (Lipinski definition) is 3. The Morgan fingerprint density at radius 1 is 1.15 bits per heavy atom. The molecule has 0 radical (unpaired) electrons. The van der Waals surface area contributed by atoms with E-state index in [1.165, 1.54) is 23.3 Å². The first-order valence-corrected chi connectivity index (χ1v) is 10.9. The van der Waals surface area contributed by atoms with Gasteiger partial charge in [0.05, 0.1) is 4.90 Å². The summed E-state index contributed by atoms with van der Waals surface area (Å²) in [6, 6.07) is 14.4. The largest absolute Gasteiger partial charge is 0.355 e. The zero-order chi connectivity index (χ0) is 19.3. The van der Waals surface area contributed by atoms with Gasteiger partial charge in [-0.15, -0.1) is 0 Å². The third-order valence-electron chi connectivity index (χ3n) is 4.79. The molecular formula is C20H23ClN2O3S. The number of aryl methyl sites for hydroxylation is 1. The Kier molecular flexibility index (Phi) is 6.52. The van der Waals surface area contributed by atoms with Crippen molar-refractivity contribution in [3.63, 3.8) is 0 Å². The summed E-state index contributed by atoms with van der Waals surface area (Å²) in [4.78, 5) is 12.2. The molecule has 0 spiro atoms. The summed E-state index contributed by atoms with van der Waals surface area (Å²) in [5.74, 6) is 0.161. The van der Waals surface area contributed by atoms with Crippen LogP contribution in [0.1, 0.15) is 36.3 Å². The number of nitrogens with one attached hydrogen (secondary N) is 2. The van der Waals surface area contributed by atoms with Crippen molar-refractivity contribution in [2.45, 2.75) is 36.5 Å². The number of halogens is 1. The second-order valence-corrected chi connectivity index (χ2v) is 8.90. The van der Waals surface area contributed by atoms with Crippen molar-refractivity contribution in [3.8, 4) is 0 Å². The summed E-state index contributed by atoms with van der Waals surface area (Å²) in [6.45, 7) is 0.624. The molecule has 1 unspecified atom stereocenters. The van der Waals surface area contributed by atoms with Crippen molar-refractivity contribution in [1.29, 1.82) is 0 Å². The Labute approximate surface area is 165 Å². The highest BCUT2D eigenvalue weighted by Gasteiger charge is 2.20. The summed E-state index contributed by atoms with van der Waals surface area (Å²) in [5.41, 5.74) is 2.67. The molecule has 0 aliphatic heterocycles. The molecule has 5 nitrogen and oxygen atoms in total. The summed E-state index contributed by atoms with van der Waals surface area (Å²) < 4.78 is 26.9. The minimum atomic E-state index is -3.67. The minimum absolute atomic E-state index is 0.0436. The van der Waals surface area contributed by atoms with Crippen LogP contribution >= 0.6 is 11.6 Å². The molecular weight excluding hydrogens is 384 g/mol. The van der Waals surface area contributed by atoms with Gasteiger partial charge in [-0.05, 0) is 48.6 Å². The number of amides is 1. The quantitative estimate of drug-likeness (QED) is 0.741. The molecule has 144 valence electrons. The predicted molar refractivity (Wildman–Crippen MR) is 106 cm³/mol. The smallest absolute Gasteiger partial charge is 0.240 e. The van der Waals surface area contributed by atoms with Gasteiger partial charge >= 0.3 is 0 Å². The third-order valence-corrected chi connectivity index (χ3v) is 6.48. The highest BCUT2D eigenvalue weighted by molar-refractivity contribution is 7.89. The second kappa shape index (κ2) is 8.87. The lowest BCUT2D eigenvalue weighted by Crippen LogP contribution is -2.33. The Balaban J connectivity index is 1.47. The highest BCUT2D eigenvalue weighted by atomic mass is 35.5. The average Bonchev–Trinajstić information content (AvgIpc) is 2.66. The minimum Gasteiger partial charge on any atom is -0.355 e. The molecule has 0 saturated carbocycles. The number of benzene rings is 2. The van der Waals surface area contributed by atoms with Crippen LogP contribution in [0.15, 0.2) is 53.4 Å². The Bertz CT molecular complexity index is 915. The molecule has 2 N–H and O–H groups in total. The van der Waals surface area contributed by atoms with E-state index in [1.54, 1.807) is 12.1 Å². The van der Waals surface area contributed by atoms with Crippen molar-refractivity contribution in [2.75, 3.05) is 13.1 Å². The molecule has 0 aromatic heterocycles. The molecule has 0 heterocycles. The van der Waals surface area contributed by atoms with Crippen molar-refractivity contribution in [1.82, 2.24) is 10.0 Å². The lowest BCUT2D eigenvalue weighted by Gasteiger charge is -2.25.